The Morgan fingerprint density at radius 2 is 2.04 bits per heavy atom. The molecule has 1 aromatic heterocycles. The molecule has 0 aliphatic rings. The molecule has 0 bridgehead atoms. The first kappa shape index (κ1) is 16.0. The lowest BCUT2D eigenvalue weighted by Gasteiger charge is -2.10. The standard InChI is InChI=1S/C18H18N2O4/c1-12-6-7-13(11-21)10-14(12)19-17(22)8-9-20-15-4-2-3-5-16(15)24-18(20)23/h2-7,10,21H,8-9,11H2,1H3,(H,19,22). The minimum absolute atomic E-state index is 0.0838. The lowest BCUT2D eigenvalue weighted by Crippen LogP contribution is -2.20. The van der Waals surface area contributed by atoms with Crippen LogP contribution in [0.2, 0.25) is 0 Å². The number of nitrogens with zero attached hydrogens (tertiary/aromatic N) is 1. The zero-order valence-corrected chi connectivity index (χ0v) is 13.3. The summed E-state index contributed by atoms with van der Waals surface area (Å²) in [5, 5.41) is 12.0. The number of aliphatic hydroxyl groups is 1. The summed E-state index contributed by atoms with van der Waals surface area (Å²) in [5.74, 6) is -0.673. The van der Waals surface area contributed by atoms with Gasteiger partial charge < -0.3 is 14.8 Å². The molecule has 2 aromatic carbocycles. The minimum atomic E-state index is -0.470. The van der Waals surface area contributed by atoms with Crippen molar-refractivity contribution < 1.29 is 14.3 Å². The summed E-state index contributed by atoms with van der Waals surface area (Å²) in [6.07, 6.45) is 0.145. The predicted molar refractivity (Wildman–Crippen MR) is 90.8 cm³/mol. The summed E-state index contributed by atoms with van der Waals surface area (Å²) in [7, 11) is 0. The molecule has 0 fully saturated rings. The Morgan fingerprint density at radius 3 is 2.83 bits per heavy atom. The predicted octanol–water partition coefficient (Wildman–Crippen LogP) is 2.42. The highest BCUT2D eigenvalue weighted by Gasteiger charge is 2.11. The van der Waals surface area contributed by atoms with Crippen LogP contribution in [0.4, 0.5) is 5.69 Å². The van der Waals surface area contributed by atoms with Gasteiger partial charge >= 0.3 is 5.76 Å². The lowest BCUT2D eigenvalue weighted by atomic mass is 10.1. The van der Waals surface area contributed by atoms with Crippen molar-refractivity contribution in [2.75, 3.05) is 5.32 Å². The summed E-state index contributed by atoms with van der Waals surface area (Å²) in [5.41, 5.74) is 3.48. The number of aromatic nitrogens is 1. The topological polar surface area (TPSA) is 84.5 Å². The second-order valence-corrected chi connectivity index (χ2v) is 5.59. The van der Waals surface area contributed by atoms with Crippen molar-refractivity contribution in [3.8, 4) is 0 Å². The monoisotopic (exact) mass is 326 g/mol. The number of hydrogen-bond donors (Lipinski definition) is 2. The summed E-state index contributed by atoms with van der Waals surface area (Å²) in [4.78, 5) is 24.1. The lowest BCUT2D eigenvalue weighted by molar-refractivity contribution is -0.116. The van der Waals surface area contributed by atoms with Gasteiger partial charge in [0.2, 0.25) is 5.91 Å². The van der Waals surface area contributed by atoms with Gasteiger partial charge in [-0.15, -0.1) is 0 Å². The molecule has 124 valence electrons. The van der Waals surface area contributed by atoms with Gasteiger partial charge in [-0.2, -0.15) is 0 Å². The van der Waals surface area contributed by atoms with E-state index in [9.17, 15) is 14.7 Å². The van der Waals surface area contributed by atoms with E-state index in [2.05, 4.69) is 5.32 Å². The maximum Gasteiger partial charge on any atom is 0.419 e. The SMILES string of the molecule is Cc1ccc(CO)cc1NC(=O)CCn1c(=O)oc2ccccc21. The van der Waals surface area contributed by atoms with E-state index in [1.807, 2.05) is 25.1 Å². The van der Waals surface area contributed by atoms with Crippen LogP contribution in [0.5, 0.6) is 0 Å². The number of carbonyl (C=O) groups is 1. The molecule has 0 aliphatic carbocycles. The molecular weight excluding hydrogens is 308 g/mol. The van der Waals surface area contributed by atoms with E-state index >= 15 is 0 Å². The number of nitrogens with one attached hydrogen (secondary N) is 1. The molecule has 0 saturated heterocycles. The number of benzene rings is 2. The van der Waals surface area contributed by atoms with Gasteiger partial charge in [-0.1, -0.05) is 24.3 Å². The van der Waals surface area contributed by atoms with E-state index in [0.29, 0.717) is 16.8 Å². The van der Waals surface area contributed by atoms with Crippen LogP contribution in [0.25, 0.3) is 11.1 Å². The van der Waals surface area contributed by atoms with Crippen LogP contribution in [-0.4, -0.2) is 15.6 Å². The number of fused-ring (bicyclic) bond motifs is 1. The van der Waals surface area contributed by atoms with E-state index in [4.69, 9.17) is 4.42 Å². The van der Waals surface area contributed by atoms with Gasteiger partial charge in [0.25, 0.3) is 0 Å². The largest absolute Gasteiger partial charge is 0.419 e. The second kappa shape index (κ2) is 6.72. The molecule has 0 saturated carbocycles. The van der Waals surface area contributed by atoms with Gasteiger partial charge in [0, 0.05) is 18.7 Å². The van der Waals surface area contributed by atoms with Crippen molar-refractivity contribution in [3.05, 3.63) is 64.1 Å². The number of anilines is 1. The van der Waals surface area contributed by atoms with Gasteiger partial charge in [-0.05, 0) is 36.2 Å². The zero-order chi connectivity index (χ0) is 17.1. The number of para-hydroxylation sites is 2. The van der Waals surface area contributed by atoms with Crippen LogP contribution in [0.1, 0.15) is 17.5 Å². The first-order valence-corrected chi connectivity index (χ1v) is 7.67. The average molecular weight is 326 g/mol. The van der Waals surface area contributed by atoms with Crippen molar-refractivity contribution in [2.45, 2.75) is 26.5 Å². The Labute approximate surface area is 138 Å². The molecule has 1 heterocycles. The van der Waals surface area contributed by atoms with Crippen LogP contribution >= 0.6 is 0 Å². The molecule has 3 rings (SSSR count). The molecule has 2 N–H and O–H groups in total. The quantitative estimate of drug-likeness (QED) is 0.754. The average Bonchev–Trinajstić information content (AvgIpc) is 2.90. The highest BCUT2D eigenvalue weighted by Crippen LogP contribution is 2.17. The summed E-state index contributed by atoms with van der Waals surface area (Å²) in [6, 6.07) is 12.5. The number of aryl methyl sites for hydroxylation is 2. The molecule has 3 aromatic rings. The number of amides is 1. The molecule has 0 atom stereocenters. The fourth-order valence-electron chi connectivity index (χ4n) is 2.55. The van der Waals surface area contributed by atoms with Crippen molar-refractivity contribution >= 4 is 22.7 Å². The smallest absolute Gasteiger partial charge is 0.408 e. The first-order chi connectivity index (χ1) is 11.6. The minimum Gasteiger partial charge on any atom is -0.408 e. The number of rotatable bonds is 5. The van der Waals surface area contributed by atoms with Gasteiger partial charge in [-0.3, -0.25) is 9.36 Å². The third-order valence-corrected chi connectivity index (χ3v) is 3.89. The first-order valence-electron chi connectivity index (χ1n) is 7.67. The molecule has 1 amide bonds. The normalized spacial score (nSPS) is 10.9. The number of hydrogen-bond acceptors (Lipinski definition) is 4. The molecular formula is C18H18N2O4. The molecule has 0 unspecified atom stereocenters. The van der Waals surface area contributed by atoms with E-state index < -0.39 is 5.76 Å². The second-order valence-electron chi connectivity index (χ2n) is 5.59. The molecule has 6 nitrogen and oxygen atoms in total. The van der Waals surface area contributed by atoms with E-state index in [1.54, 1.807) is 24.3 Å². The van der Waals surface area contributed by atoms with E-state index in [1.165, 1.54) is 4.57 Å². The van der Waals surface area contributed by atoms with Gasteiger partial charge in [0.1, 0.15) is 0 Å². The van der Waals surface area contributed by atoms with Gasteiger partial charge in [-0.25, -0.2) is 4.79 Å². The third-order valence-electron chi connectivity index (χ3n) is 3.89. The summed E-state index contributed by atoms with van der Waals surface area (Å²) >= 11 is 0. The summed E-state index contributed by atoms with van der Waals surface area (Å²) < 4.78 is 6.60. The van der Waals surface area contributed by atoms with Crippen molar-refractivity contribution in [2.24, 2.45) is 0 Å². The Balaban J connectivity index is 1.72. The van der Waals surface area contributed by atoms with Crippen LogP contribution in [0.15, 0.2) is 51.7 Å². The highest BCUT2D eigenvalue weighted by molar-refractivity contribution is 5.91. The summed E-state index contributed by atoms with van der Waals surface area (Å²) in [6.45, 7) is 2.03. The van der Waals surface area contributed by atoms with Crippen LogP contribution in [-0.2, 0) is 17.9 Å². The van der Waals surface area contributed by atoms with Crippen molar-refractivity contribution in [1.82, 2.24) is 4.57 Å². The van der Waals surface area contributed by atoms with E-state index in [0.717, 1.165) is 11.1 Å². The van der Waals surface area contributed by atoms with E-state index in [-0.39, 0.29) is 25.5 Å². The fourth-order valence-corrected chi connectivity index (χ4v) is 2.55. The number of oxazole rings is 1. The Morgan fingerprint density at radius 1 is 1.25 bits per heavy atom. The fraction of sp³-hybridized carbons (Fsp3) is 0.222. The van der Waals surface area contributed by atoms with Crippen LogP contribution < -0.4 is 11.1 Å². The third kappa shape index (κ3) is 3.23. The molecule has 6 heteroatoms. The van der Waals surface area contributed by atoms with Crippen molar-refractivity contribution in [1.29, 1.82) is 0 Å². The molecule has 24 heavy (non-hydrogen) atoms. The Bertz CT molecular complexity index is 940. The molecule has 0 radical (unpaired) electrons. The maximum absolute atomic E-state index is 12.2. The Kier molecular flexibility index (Phi) is 4.48. The maximum atomic E-state index is 12.2. The van der Waals surface area contributed by atoms with Gasteiger partial charge in [0.05, 0.1) is 12.1 Å². The molecule has 0 spiro atoms. The van der Waals surface area contributed by atoms with Crippen molar-refractivity contribution in [3.63, 3.8) is 0 Å². The van der Waals surface area contributed by atoms with Gasteiger partial charge in [0.15, 0.2) is 5.58 Å². The number of aliphatic hydroxyl groups excluding tert-OH is 1. The Hall–Kier alpha value is -2.86. The zero-order valence-electron chi connectivity index (χ0n) is 13.3. The highest BCUT2D eigenvalue weighted by atomic mass is 16.4. The van der Waals surface area contributed by atoms with Crippen LogP contribution in [0.3, 0.4) is 0 Å². The molecule has 0 aliphatic heterocycles. The number of carbonyl (C=O) groups excluding carboxylic acids is 1. The van der Waals surface area contributed by atoms with Crippen LogP contribution in [0, 0.1) is 6.92 Å².